The zero-order valence-corrected chi connectivity index (χ0v) is 17.0. The highest BCUT2D eigenvalue weighted by atomic mass is 35.5. The fourth-order valence-corrected chi connectivity index (χ4v) is 3.24. The number of carbonyl (C=O) groups is 1. The van der Waals surface area contributed by atoms with Crippen LogP contribution in [-0.2, 0) is 4.79 Å². The first kappa shape index (κ1) is 20.8. The Morgan fingerprint density at radius 2 is 1.79 bits per heavy atom. The molecule has 3 rings (SSSR count). The van der Waals surface area contributed by atoms with Crippen LogP contribution in [0, 0.1) is 5.82 Å². The molecule has 1 N–H and O–H groups in total. The highest BCUT2D eigenvalue weighted by Gasteiger charge is 2.23. The number of rotatable bonds is 5. The van der Waals surface area contributed by atoms with Gasteiger partial charge in [-0.25, -0.2) is 13.8 Å². The number of nitrogens with one attached hydrogen (secondary N) is 1. The minimum Gasteiger partial charge on any atom is -0.352 e. The van der Waals surface area contributed by atoms with Crippen LogP contribution in [0.25, 0.3) is 16.6 Å². The summed E-state index contributed by atoms with van der Waals surface area (Å²) < 4.78 is 15.5. The molecule has 0 spiro atoms. The van der Waals surface area contributed by atoms with Gasteiger partial charge >= 0.3 is 5.69 Å². The molecule has 6 nitrogen and oxygen atoms in total. The van der Waals surface area contributed by atoms with Crippen molar-refractivity contribution in [2.45, 2.75) is 39.3 Å². The van der Waals surface area contributed by atoms with Gasteiger partial charge in [0, 0.05) is 11.1 Å². The number of halogens is 2. The molecule has 2 aromatic carbocycles. The first-order valence-corrected chi connectivity index (χ1v) is 9.65. The number of hydrogen-bond donors (Lipinski definition) is 1. The van der Waals surface area contributed by atoms with Crippen LogP contribution in [-0.4, -0.2) is 21.1 Å². The van der Waals surface area contributed by atoms with E-state index < -0.39 is 23.1 Å². The van der Waals surface area contributed by atoms with Crippen LogP contribution < -0.4 is 16.6 Å². The van der Waals surface area contributed by atoms with Gasteiger partial charge in [-0.15, -0.1) is 0 Å². The monoisotopic (exact) mass is 417 g/mol. The average Bonchev–Trinajstić information content (AvgIpc) is 2.69. The van der Waals surface area contributed by atoms with Gasteiger partial charge < -0.3 is 5.32 Å². The lowest BCUT2D eigenvalue weighted by molar-refractivity contribution is -0.124. The van der Waals surface area contributed by atoms with Gasteiger partial charge in [0.2, 0.25) is 5.91 Å². The summed E-state index contributed by atoms with van der Waals surface area (Å²) in [5, 5.41) is 3.40. The van der Waals surface area contributed by atoms with E-state index in [-0.39, 0.29) is 28.5 Å². The Morgan fingerprint density at radius 1 is 1.14 bits per heavy atom. The second kappa shape index (κ2) is 8.21. The average molecular weight is 418 g/mol. The summed E-state index contributed by atoms with van der Waals surface area (Å²) >= 11 is 6.09. The molecule has 0 bridgehead atoms. The fourth-order valence-electron chi connectivity index (χ4n) is 3.08. The van der Waals surface area contributed by atoms with E-state index >= 15 is 0 Å². The van der Waals surface area contributed by atoms with Crippen molar-refractivity contribution < 1.29 is 9.18 Å². The largest absolute Gasteiger partial charge is 0.352 e. The van der Waals surface area contributed by atoms with Crippen molar-refractivity contribution in [3.05, 3.63) is 74.1 Å². The summed E-state index contributed by atoms with van der Waals surface area (Å²) in [5.41, 5.74) is -0.804. The maximum atomic E-state index is 13.3. The summed E-state index contributed by atoms with van der Waals surface area (Å²) in [6.07, 6.45) is 0.731. The fraction of sp³-hybridized carbons (Fsp3) is 0.286. The topological polar surface area (TPSA) is 73.1 Å². The van der Waals surface area contributed by atoms with Crippen molar-refractivity contribution >= 4 is 28.4 Å². The van der Waals surface area contributed by atoms with E-state index in [0.717, 1.165) is 23.1 Å². The van der Waals surface area contributed by atoms with Crippen LogP contribution >= 0.6 is 11.6 Å². The van der Waals surface area contributed by atoms with Crippen molar-refractivity contribution in [3.63, 3.8) is 0 Å². The van der Waals surface area contributed by atoms with Crippen molar-refractivity contribution in [3.8, 4) is 5.69 Å². The molecule has 29 heavy (non-hydrogen) atoms. The third kappa shape index (κ3) is 3.96. The number of aromatic nitrogens is 2. The summed E-state index contributed by atoms with van der Waals surface area (Å²) in [5.74, 6) is -0.844. The van der Waals surface area contributed by atoms with Crippen LogP contribution in [0.2, 0.25) is 5.02 Å². The van der Waals surface area contributed by atoms with Gasteiger partial charge in [0.25, 0.3) is 5.56 Å². The molecule has 0 aliphatic heterocycles. The lowest BCUT2D eigenvalue weighted by Crippen LogP contribution is -2.45. The first-order chi connectivity index (χ1) is 13.7. The SMILES string of the molecule is CCC(C)NC(=O)C(C)n1c(=O)n(-c2ccc(F)cc2)c(=O)c2ccc(Cl)cc21. The number of hydrogen-bond acceptors (Lipinski definition) is 3. The van der Waals surface area contributed by atoms with Gasteiger partial charge in [0.15, 0.2) is 0 Å². The number of carbonyl (C=O) groups excluding carboxylic acids is 1. The van der Waals surface area contributed by atoms with Crippen LogP contribution in [0.5, 0.6) is 0 Å². The molecule has 0 radical (unpaired) electrons. The maximum absolute atomic E-state index is 13.3. The molecular formula is C21H21ClFN3O3. The van der Waals surface area contributed by atoms with Crippen molar-refractivity contribution in [1.29, 1.82) is 0 Å². The quantitative estimate of drug-likeness (QED) is 0.691. The molecule has 1 heterocycles. The molecule has 2 atom stereocenters. The Balaban J connectivity index is 2.31. The Labute approximate surface area is 171 Å². The molecule has 0 aliphatic rings. The number of amides is 1. The summed E-state index contributed by atoms with van der Waals surface area (Å²) in [6.45, 7) is 5.38. The molecule has 3 aromatic rings. The molecule has 1 amide bonds. The number of fused-ring (bicyclic) bond motifs is 1. The van der Waals surface area contributed by atoms with Gasteiger partial charge in [0.05, 0.1) is 16.6 Å². The molecule has 152 valence electrons. The lowest BCUT2D eigenvalue weighted by Gasteiger charge is -2.21. The minimum atomic E-state index is -0.898. The summed E-state index contributed by atoms with van der Waals surface area (Å²) in [4.78, 5) is 39.1. The molecule has 0 saturated carbocycles. The predicted octanol–water partition coefficient (Wildman–Crippen LogP) is 3.42. The number of nitrogens with zero attached hydrogens (tertiary/aromatic N) is 2. The van der Waals surface area contributed by atoms with E-state index in [1.807, 2.05) is 13.8 Å². The predicted molar refractivity (Wildman–Crippen MR) is 111 cm³/mol. The Hall–Kier alpha value is -2.93. The number of benzene rings is 2. The van der Waals surface area contributed by atoms with E-state index in [9.17, 15) is 18.8 Å². The highest BCUT2D eigenvalue weighted by molar-refractivity contribution is 6.31. The smallest absolute Gasteiger partial charge is 0.336 e. The Morgan fingerprint density at radius 3 is 2.41 bits per heavy atom. The van der Waals surface area contributed by atoms with Gasteiger partial charge in [-0.05, 0) is 62.7 Å². The van der Waals surface area contributed by atoms with Crippen molar-refractivity contribution in [2.75, 3.05) is 0 Å². The molecule has 0 aliphatic carbocycles. The third-order valence-electron chi connectivity index (χ3n) is 4.90. The second-order valence-electron chi connectivity index (χ2n) is 6.92. The molecule has 1 aromatic heterocycles. The summed E-state index contributed by atoms with van der Waals surface area (Å²) in [7, 11) is 0. The van der Waals surface area contributed by atoms with Gasteiger partial charge in [0.1, 0.15) is 11.9 Å². The van der Waals surface area contributed by atoms with Gasteiger partial charge in [-0.2, -0.15) is 0 Å². The van der Waals surface area contributed by atoms with E-state index in [1.165, 1.54) is 28.8 Å². The molecule has 0 saturated heterocycles. The van der Waals surface area contributed by atoms with Crippen LogP contribution in [0.4, 0.5) is 4.39 Å². The normalized spacial score (nSPS) is 13.3. The van der Waals surface area contributed by atoms with E-state index in [0.29, 0.717) is 5.02 Å². The summed E-state index contributed by atoms with van der Waals surface area (Å²) in [6, 6.07) is 8.58. The molecule has 8 heteroatoms. The minimum absolute atomic E-state index is 0.0708. The van der Waals surface area contributed by atoms with Crippen LogP contribution in [0.3, 0.4) is 0 Å². The molecule has 0 fully saturated rings. The molecular weight excluding hydrogens is 397 g/mol. The van der Waals surface area contributed by atoms with E-state index in [1.54, 1.807) is 13.0 Å². The molecule has 2 unspecified atom stereocenters. The maximum Gasteiger partial charge on any atom is 0.336 e. The standard InChI is InChI=1S/C21H21ClFN3O3/c1-4-12(2)24-19(27)13(3)25-18-11-14(22)5-10-17(18)20(28)26(21(25)29)16-8-6-15(23)7-9-16/h5-13H,4H2,1-3H3,(H,24,27). The Kier molecular flexibility index (Phi) is 5.88. The van der Waals surface area contributed by atoms with E-state index in [2.05, 4.69) is 5.32 Å². The van der Waals surface area contributed by atoms with Crippen LogP contribution in [0.15, 0.2) is 52.1 Å². The van der Waals surface area contributed by atoms with Crippen molar-refractivity contribution in [2.24, 2.45) is 0 Å². The zero-order chi connectivity index (χ0) is 21.3. The third-order valence-corrected chi connectivity index (χ3v) is 5.14. The second-order valence-corrected chi connectivity index (χ2v) is 7.36. The first-order valence-electron chi connectivity index (χ1n) is 9.27. The van der Waals surface area contributed by atoms with Crippen molar-refractivity contribution in [1.82, 2.24) is 14.5 Å². The highest BCUT2D eigenvalue weighted by Crippen LogP contribution is 2.20. The lowest BCUT2D eigenvalue weighted by atomic mass is 10.2. The van der Waals surface area contributed by atoms with Crippen LogP contribution in [0.1, 0.15) is 33.2 Å². The van der Waals surface area contributed by atoms with E-state index in [4.69, 9.17) is 11.6 Å². The Bertz CT molecular complexity index is 1180. The van der Waals surface area contributed by atoms with Gasteiger partial charge in [-0.3, -0.25) is 14.2 Å². The van der Waals surface area contributed by atoms with Gasteiger partial charge in [-0.1, -0.05) is 18.5 Å². The zero-order valence-electron chi connectivity index (χ0n) is 16.3.